The van der Waals surface area contributed by atoms with Crippen LogP contribution in [-0.2, 0) is 0 Å². The summed E-state index contributed by atoms with van der Waals surface area (Å²) in [6.07, 6.45) is 1.45. The Labute approximate surface area is 132 Å². The van der Waals surface area contributed by atoms with Crippen LogP contribution in [0, 0.1) is 10.1 Å². The van der Waals surface area contributed by atoms with Crippen LogP contribution in [0.25, 0.3) is 10.9 Å². The highest BCUT2D eigenvalue weighted by molar-refractivity contribution is 7.20. The van der Waals surface area contributed by atoms with Crippen LogP contribution in [0.1, 0.15) is 15.9 Å². The number of benzene rings is 1. The Hall–Kier alpha value is -1.89. The van der Waals surface area contributed by atoms with Crippen LogP contribution in [0.2, 0.25) is 8.67 Å². The Morgan fingerprint density at radius 3 is 2.67 bits per heavy atom. The van der Waals surface area contributed by atoms with E-state index in [1.165, 1.54) is 24.4 Å². The molecule has 0 fully saturated rings. The van der Waals surface area contributed by atoms with E-state index < -0.39 is 4.92 Å². The number of thiophene rings is 1. The third kappa shape index (κ3) is 2.31. The number of halogens is 2. The number of nitro groups is 1. The van der Waals surface area contributed by atoms with E-state index in [4.69, 9.17) is 23.2 Å². The fourth-order valence-electron chi connectivity index (χ4n) is 2.12. The van der Waals surface area contributed by atoms with Gasteiger partial charge in [0.1, 0.15) is 9.85 Å². The lowest BCUT2D eigenvalue weighted by molar-refractivity contribution is -0.383. The minimum atomic E-state index is -0.498. The largest absolute Gasteiger partial charge is 0.355 e. The van der Waals surface area contributed by atoms with E-state index in [0.29, 0.717) is 30.7 Å². The maximum Gasteiger partial charge on any atom is 0.293 e. The number of aromatic amines is 1. The molecule has 21 heavy (non-hydrogen) atoms. The van der Waals surface area contributed by atoms with Gasteiger partial charge in [-0.05, 0) is 6.07 Å². The fraction of sp³-hybridized carbons (Fsp3) is 0. The molecule has 3 rings (SSSR count). The summed E-state index contributed by atoms with van der Waals surface area (Å²) >= 11 is 12.9. The van der Waals surface area contributed by atoms with Crippen molar-refractivity contribution in [2.75, 3.05) is 0 Å². The molecule has 0 amide bonds. The van der Waals surface area contributed by atoms with Crippen molar-refractivity contribution in [3.8, 4) is 0 Å². The van der Waals surface area contributed by atoms with Crippen molar-refractivity contribution in [1.29, 1.82) is 0 Å². The number of rotatable bonds is 3. The summed E-state index contributed by atoms with van der Waals surface area (Å²) in [5.74, 6) is -0.324. The van der Waals surface area contributed by atoms with Crippen molar-refractivity contribution in [3.63, 3.8) is 0 Å². The summed E-state index contributed by atoms with van der Waals surface area (Å²) in [5.41, 5.74) is 0.841. The van der Waals surface area contributed by atoms with Crippen LogP contribution in [0.4, 0.5) is 5.69 Å². The maximum absolute atomic E-state index is 12.5. The van der Waals surface area contributed by atoms with E-state index >= 15 is 0 Å². The predicted octanol–water partition coefficient (Wildman–Crippen LogP) is 4.68. The molecule has 0 aliphatic carbocycles. The van der Waals surface area contributed by atoms with Gasteiger partial charge in [0, 0.05) is 23.2 Å². The van der Waals surface area contributed by atoms with Gasteiger partial charge in [-0.3, -0.25) is 14.9 Å². The summed E-state index contributed by atoms with van der Waals surface area (Å²) < 4.78 is 0.707. The number of carbonyl (C=O) groups excluding carboxylic acids is 1. The first-order chi connectivity index (χ1) is 9.99. The van der Waals surface area contributed by atoms with Crippen LogP contribution in [-0.4, -0.2) is 15.7 Å². The van der Waals surface area contributed by atoms with Crippen molar-refractivity contribution in [2.24, 2.45) is 0 Å². The van der Waals surface area contributed by atoms with Gasteiger partial charge in [-0.2, -0.15) is 0 Å². The average Bonchev–Trinajstić information content (AvgIpc) is 3.00. The van der Waals surface area contributed by atoms with Crippen LogP contribution >= 0.6 is 34.5 Å². The van der Waals surface area contributed by atoms with E-state index in [0.717, 1.165) is 11.3 Å². The van der Waals surface area contributed by atoms with Gasteiger partial charge >= 0.3 is 0 Å². The van der Waals surface area contributed by atoms with Gasteiger partial charge < -0.3 is 4.98 Å². The first kappa shape index (κ1) is 14.1. The Kier molecular flexibility index (Phi) is 3.44. The van der Waals surface area contributed by atoms with E-state index in [9.17, 15) is 14.9 Å². The molecule has 0 radical (unpaired) electrons. The third-order valence-electron chi connectivity index (χ3n) is 3.04. The molecule has 0 spiro atoms. The van der Waals surface area contributed by atoms with E-state index in [1.807, 2.05) is 0 Å². The number of nitrogens with one attached hydrogen (secondary N) is 1. The summed E-state index contributed by atoms with van der Waals surface area (Å²) in [7, 11) is 0. The van der Waals surface area contributed by atoms with E-state index in [-0.39, 0.29) is 11.5 Å². The lowest BCUT2D eigenvalue weighted by Gasteiger charge is -1.98. The number of H-pyrrole nitrogens is 1. The predicted molar refractivity (Wildman–Crippen MR) is 82.7 cm³/mol. The van der Waals surface area contributed by atoms with E-state index in [2.05, 4.69) is 4.98 Å². The molecule has 0 bridgehead atoms. The van der Waals surface area contributed by atoms with Crippen molar-refractivity contribution < 1.29 is 9.72 Å². The molecule has 0 aliphatic heterocycles. The number of hydrogen-bond donors (Lipinski definition) is 1. The SMILES string of the molecule is O=C(c1cc(Cl)sc1Cl)c1c[nH]c2c([N+](=O)[O-])cccc12. The number of carbonyl (C=O) groups is 1. The molecular formula is C13H6Cl2N2O3S. The molecule has 8 heteroatoms. The van der Waals surface area contributed by atoms with Gasteiger partial charge in [0.25, 0.3) is 5.69 Å². The summed E-state index contributed by atoms with van der Waals surface area (Å²) in [5, 5.41) is 11.5. The molecule has 3 aromatic rings. The van der Waals surface area contributed by atoms with E-state index in [1.54, 1.807) is 6.07 Å². The Morgan fingerprint density at radius 2 is 2.05 bits per heavy atom. The smallest absolute Gasteiger partial charge is 0.293 e. The highest BCUT2D eigenvalue weighted by Gasteiger charge is 2.22. The molecule has 2 aromatic heterocycles. The number of aromatic nitrogens is 1. The van der Waals surface area contributed by atoms with Gasteiger partial charge in [0.15, 0.2) is 5.78 Å². The molecule has 106 valence electrons. The zero-order valence-electron chi connectivity index (χ0n) is 10.2. The minimum absolute atomic E-state index is 0.0824. The van der Waals surface area contributed by atoms with Crippen LogP contribution in [0.15, 0.2) is 30.5 Å². The Morgan fingerprint density at radius 1 is 1.29 bits per heavy atom. The van der Waals surface area contributed by atoms with Crippen molar-refractivity contribution in [2.45, 2.75) is 0 Å². The molecule has 0 saturated heterocycles. The van der Waals surface area contributed by atoms with Crippen LogP contribution in [0.5, 0.6) is 0 Å². The monoisotopic (exact) mass is 340 g/mol. The van der Waals surface area contributed by atoms with Gasteiger partial charge in [-0.25, -0.2) is 0 Å². The second-order valence-corrected chi connectivity index (χ2v) is 6.51. The number of non-ortho nitro benzene ring substituents is 1. The molecule has 0 atom stereocenters. The van der Waals surface area contributed by atoms with Crippen LogP contribution in [0.3, 0.4) is 0 Å². The quantitative estimate of drug-likeness (QED) is 0.427. The zero-order chi connectivity index (χ0) is 15.1. The number of para-hydroxylation sites is 1. The van der Waals surface area contributed by atoms with Gasteiger partial charge in [-0.1, -0.05) is 35.3 Å². The first-order valence-corrected chi connectivity index (χ1v) is 7.30. The van der Waals surface area contributed by atoms with Crippen molar-refractivity contribution in [3.05, 3.63) is 60.4 Å². The fourth-order valence-corrected chi connectivity index (χ4v) is 3.58. The number of nitro benzene ring substituents is 1. The van der Waals surface area contributed by atoms with Gasteiger partial charge in [0.2, 0.25) is 0 Å². The minimum Gasteiger partial charge on any atom is -0.355 e. The molecule has 0 saturated carbocycles. The number of ketones is 1. The topological polar surface area (TPSA) is 76.0 Å². The molecule has 2 heterocycles. The van der Waals surface area contributed by atoms with Gasteiger partial charge in [-0.15, -0.1) is 11.3 Å². The number of nitrogens with zero attached hydrogens (tertiary/aromatic N) is 1. The highest BCUT2D eigenvalue weighted by atomic mass is 35.5. The molecule has 1 aromatic carbocycles. The lowest BCUT2D eigenvalue weighted by Crippen LogP contribution is -1.99. The molecule has 0 aliphatic rings. The summed E-state index contributed by atoms with van der Waals surface area (Å²) in [6.45, 7) is 0. The average molecular weight is 341 g/mol. The molecule has 1 N–H and O–H groups in total. The van der Waals surface area contributed by atoms with Crippen molar-refractivity contribution >= 4 is 56.9 Å². The standard InChI is InChI=1S/C13H6Cl2N2O3S/c14-10-4-7(13(15)21-10)12(18)8-5-16-11-6(8)2-1-3-9(11)17(19)20/h1-5,16H. The highest BCUT2D eigenvalue weighted by Crippen LogP contribution is 2.35. The zero-order valence-corrected chi connectivity index (χ0v) is 12.6. The molecule has 0 unspecified atom stereocenters. The first-order valence-electron chi connectivity index (χ1n) is 5.73. The third-order valence-corrected chi connectivity index (χ3v) is 4.52. The normalized spacial score (nSPS) is 11.0. The maximum atomic E-state index is 12.5. The van der Waals surface area contributed by atoms with Gasteiger partial charge in [0.05, 0.1) is 14.8 Å². The lowest BCUT2D eigenvalue weighted by atomic mass is 10.0. The summed E-state index contributed by atoms with van der Waals surface area (Å²) in [4.78, 5) is 25.8. The second-order valence-electron chi connectivity index (χ2n) is 4.23. The van der Waals surface area contributed by atoms with Crippen LogP contribution < -0.4 is 0 Å². The number of hydrogen-bond acceptors (Lipinski definition) is 4. The number of fused-ring (bicyclic) bond motifs is 1. The Balaban J connectivity index is 2.18. The van der Waals surface area contributed by atoms with Crippen molar-refractivity contribution in [1.82, 2.24) is 4.98 Å². The molecule has 5 nitrogen and oxygen atoms in total. The Bertz CT molecular complexity index is 885. The second kappa shape index (κ2) is 5.14. The molecular weight excluding hydrogens is 335 g/mol. The summed E-state index contributed by atoms with van der Waals surface area (Å²) in [6, 6.07) is 6.05.